The number of hydrogen-bond acceptors (Lipinski definition) is 5. The van der Waals surface area contributed by atoms with Gasteiger partial charge in [0, 0.05) is 12.1 Å². The zero-order chi connectivity index (χ0) is 19.6. The Morgan fingerprint density at radius 2 is 1.73 bits per heavy atom. The van der Waals surface area contributed by atoms with Gasteiger partial charge in [-0.3, -0.25) is 4.79 Å². The normalized spacial score (nSPS) is 10.5. The molecule has 0 heterocycles. The number of Topliss-reactive ketones (excluding diaryl/α,β-unsaturated/α-hetero) is 1. The molecule has 0 fully saturated rings. The second-order valence-corrected chi connectivity index (χ2v) is 6.44. The molecule has 0 saturated carbocycles. The second-order valence-electron chi connectivity index (χ2n) is 6.44. The van der Waals surface area contributed by atoms with Crippen LogP contribution in [0.25, 0.3) is 0 Å². The van der Waals surface area contributed by atoms with Gasteiger partial charge >= 0.3 is 5.97 Å². The molecule has 2 N–H and O–H groups in total. The Kier molecular flexibility index (Phi) is 5.70. The minimum absolute atomic E-state index is 0.0352. The number of aryl methyl sites for hydroxylation is 2. The number of phenols is 1. The highest BCUT2D eigenvalue weighted by Crippen LogP contribution is 2.39. The van der Waals surface area contributed by atoms with E-state index in [1.54, 1.807) is 13.8 Å². The van der Waals surface area contributed by atoms with E-state index in [1.165, 1.54) is 7.11 Å². The average molecular weight is 355 g/mol. The van der Waals surface area contributed by atoms with Crippen molar-refractivity contribution in [3.05, 3.63) is 51.6 Å². The molecule has 2 aromatic carbocycles. The molecule has 0 aromatic heterocycles. The smallest absolute Gasteiger partial charge is 0.341 e. The van der Waals surface area contributed by atoms with Crippen LogP contribution in [0.5, 0.6) is 5.75 Å². The molecule has 0 atom stereocenters. The number of rotatable bonds is 5. The molecule has 0 radical (unpaired) electrons. The van der Waals surface area contributed by atoms with E-state index in [1.807, 2.05) is 39.0 Å². The maximum Gasteiger partial charge on any atom is 0.341 e. The van der Waals surface area contributed by atoms with Crippen molar-refractivity contribution >= 4 is 23.1 Å². The van der Waals surface area contributed by atoms with Crippen LogP contribution in [0.3, 0.4) is 0 Å². The van der Waals surface area contributed by atoms with Gasteiger partial charge in [-0.2, -0.15) is 0 Å². The summed E-state index contributed by atoms with van der Waals surface area (Å²) >= 11 is 0. The zero-order valence-electron chi connectivity index (χ0n) is 16.1. The number of methoxy groups -OCH3 is 1. The van der Waals surface area contributed by atoms with Gasteiger partial charge in [-0.25, -0.2) is 4.79 Å². The van der Waals surface area contributed by atoms with Crippen molar-refractivity contribution in [1.29, 1.82) is 0 Å². The lowest BCUT2D eigenvalue weighted by Gasteiger charge is -2.21. The summed E-state index contributed by atoms with van der Waals surface area (Å²) in [6.45, 7) is 9.25. The topological polar surface area (TPSA) is 75.6 Å². The highest BCUT2D eigenvalue weighted by atomic mass is 16.5. The third-order valence-corrected chi connectivity index (χ3v) is 4.67. The molecule has 26 heavy (non-hydrogen) atoms. The van der Waals surface area contributed by atoms with Crippen LogP contribution in [0.2, 0.25) is 0 Å². The minimum Gasteiger partial charge on any atom is -0.506 e. The lowest BCUT2D eigenvalue weighted by atomic mass is 9.92. The lowest BCUT2D eigenvalue weighted by molar-refractivity contribution is 0.0596. The first-order chi connectivity index (χ1) is 12.2. The summed E-state index contributed by atoms with van der Waals surface area (Å²) in [6, 6.07) is 5.95. The first-order valence-electron chi connectivity index (χ1n) is 8.54. The summed E-state index contributed by atoms with van der Waals surface area (Å²) in [5.74, 6) is -1.24. The van der Waals surface area contributed by atoms with Crippen LogP contribution in [0.1, 0.15) is 56.3 Å². The lowest BCUT2D eigenvalue weighted by Crippen LogP contribution is -2.13. The number of phenolic OH excluding ortho intramolecular Hbond substituents is 1. The first kappa shape index (κ1) is 19.5. The van der Waals surface area contributed by atoms with Gasteiger partial charge in [-0.05, 0) is 50.5 Å². The standard InChI is InChI=1S/C21H25NO4/c1-7-16(23)18-19(22-15-9-8-11(2)10-12(15)3)14(5)13(4)17(20(18)24)21(25)26-6/h8-10,22,24H,7H2,1-6H3. The molecule has 0 aliphatic carbocycles. The van der Waals surface area contributed by atoms with Crippen molar-refractivity contribution in [1.82, 2.24) is 0 Å². The SMILES string of the molecule is CCC(=O)c1c(O)c(C(=O)OC)c(C)c(C)c1Nc1ccc(C)cc1C. The molecular weight excluding hydrogens is 330 g/mol. The Bertz CT molecular complexity index is 884. The number of carbonyl (C=O) groups is 2. The fourth-order valence-corrected chi connectivity index (χ4v) is 3.03. The maximum absolute atomic E-state index is 12.6. The molecule has 0 spiro atoms. The van der Waals surface area contributed by atoms with E-state index in [4.69, 9.17) is 4.74 Å². The van der Waals surface area contributed by atoms with Crippen LogP contribution < -0.4 is 5.32 Å². The molecule has 0 aliphatic heterocycles. The molecule has 0 saturated heterocycles. The highest BCUT2D eigenvalue weighted by molar-refractivity contribution is 6.09. The predicted molar refractivity (Wildman–Crippen MR) is 103 cm³/mol. The third-order valence-electron chi connectivity index (χ3n) is 4.67. The molecule has 2 rings (SSSR count). The van der Waals surface area contributed by atoms with Crippen molar-refractivity contribution < 1.29 is 19.4 Å². The monoisotopic (exact) mass is 355 g/mol. The van der Waals surface area contributed by atoms with E-state index < -0.39 is 5.97 Å². The number of esters is 1. The first-order valence-corrected chi connectivity index (χ1v) is 8.54. The third kappa shape index (κ3) is 3.43. The predicted octanol–water partition coefficient (Wildman–Crippen LogP) is 4.75. The van der Waals surface area contributed by atoms with Crippen LogP contribution in [0, 0.1) is 27.7 Å². The Balaban J connectivity index is 2.75. The molecule has 0 bridgehead atoms. The quantitative estimate of drug-likeness (QED) is 0.598. The Hall–Kier alpha value is -2.82. The molecular formula is C21H25NO4. The zero-order valence-corrected chi connectivity index (χ0v) is 16.1. The Morgan fingerprint density at radius 3 is 2.27 bits per heavy atom. The fraction of sp³-hybridized carbons (Fsp3) is 0.333. The van der Waals surface area contributed by atoms with Gasteiger partial charge in [0.2, 0.25) is 0 Å². The molecule has 0 aliphatic rings. The largest absolute Gasteiger partial charge is 0.506 e. The van der Waals surface area contributed by atoms with E-state index in [0.29, 0.717) is 11.3 Å². The summed E-state index contributed by atoms with van der Waals surface area (Å²) in [6.07, 6.45) is 0.207. The fourth-order valence-electron chi connectivity index (χ4n) is 3.03. The van der Waals surface area contributed by atoms with E-state index in [-0.39, 0.29) is 29.1 Å². The van der Waals surface area contributed by atoms with Gasteiger partial charge < -0.3 is 15.2 Å². The number of hydrogen-bond donors (Lipinski definition) is 2. The second kappa shape index (κ2) is 7.60. The van der Waals surface area contributed by atoms with Crippen molar-refractivity contribution in [3.63, 3.8) is 0 Å². The number of ether oxygens (including phenoxy) is 1. The molecule has 2 aromatic rings. The van der Waals surface area contributed by atoms with Crippen LogP contribution in [-0.4, -0.2) is 24.0 Å². The Morgan fingerprint density at radius 1 is 1.08 bits per heavy atom. The van der Waals surface area contributed by atoms with Crippen molar-refractivity contribution in [2.24, 2.45) is 0 Å². The van der Waals surface area contributed by atoms with Crippen LogP contribution in [-0.2, 0) is 4.74 Å². The molecule has 0 amide bonds. The van der Waals surface area contributed by atoms with Gasteiger partial charge in [0.05, 0.1) is 18.4 Å². The average Bonchev–Trinajstić information content (AvgIpc) is 2.60. The van der Waals surface area contributed by atoms with E-state index in [2.05, 4.69) is 5.32 Å². The highest BCUT2D eigenvalue weighted by Gasteiger charge is 2.27. The number of anilines is 2. The van der Waals surface area contributed by atoms with Gasteiger partial charge in [-0.15, -0.1) is 0 Å². The number of aromatic hydroxyl groups is 1. The summed E-state index contributed by atoms with van der Waals surface area (Å²) in [5.41, 5.74) is 4.97. The summed E-state index contributed by atoms with van der Waals surface area (Å²) in [4.78, 5) is 24.7. The van der Waals surface area contributed by atoms with Gasteiger partial charge in [0.25, 0.3) is 0 Å². The van der Waals surface area contributed by atoms with Gasteiger partial charge in [0.1, 0.15) is 11.3 Å². The molecule has 5 heteroatoms. The van der Waals surface area contributed by atoms with Crippen LogP contribution in [0.4, 0.5) is 11.4 Å². The van der Waals surface area contributed by atoms with Gasteiger partial charge in [0.15, 0.2) is 5.78 Å². The van der Waals surface area contributed by atoms with Gasteiger partial charge in [-0.1, -0.05) is 24.6 Å². The number of benzene rings is 2. The number of nitrogens with one attached hydrogen (secondary N) is 1. The Labute approximate surface area is 154 Å². The summed E-state index contributed by atoms with van der Waals surface area (Å²) in [7, 11) is 1.25. The van der Waals surface area contributed by atoms with E-state index >= 15 is 0 Å². The summed E-state index contributed by atoms with van der Waals surface area (Å²) < 4.78 is 4.78. The van der Waals surface area contributed by atoms with E-state index in [0.717, 1.165) is 22.4 Å². The molecule has 5 nitrogen and oxygen atoms in total. The molecule has 0 unspecified atom stereocenters. The van der Waals surface area contributed by atoms with E-state index in [9.17, 15) is 14.7 Å². The number of ketones is 1. The minimum atomic E-state index is -0.661. The maximum atomic E-state index is 12.6. The van der Waals surface area contributed by atoms with Crippen molar-refractivity contribution in [2.45, 2.75) is 41.0 Å². The van der Waals surface area contributed by atoms with Crippen molar-refractivity contribution in [3.8, 4) is 5.75 Å². The van der Waals surface area contributed by atoms with Crippen LogP contribution >= 0.6 is 0 Å². The van der Waals surface area contributed by atoms with Crippen molar-refractivity contribution in [2.75, 3.05) is 12.4 Å². The number of carbonyl (C=O) groups excluding carboxylic acids is 2. The summed E-state index contributed by atoms with van der Waals surface area (Å²) in [5, 5.41) is 14.0. The van der Waals surface area contributed by atoms with Crippen LogP contribution in [0.15, 0.2) is 18.2 Å². The molecule has 138 valence electrons.